The van der Waals surface area contributed by atoms with Gasteiger partial charge in [-0.2, -0.15) is 4.98 Å². The lowest BCUT2D eigenvalue weighted by atomic mass is 10.1. The van der Waals surface area contributed by atoms with Gasteiger partial charge in [0.05, 0.1) is 7.11 Å². The Morgan fingerprint density at radius 2 is 1.73 bits per heavy atom. The summed E-state index contributed by atoms with van der Waals surface area (Å²) in [6.07, 6.45) is 0. The van der Waals surface area contributed by atoms with E-state index in [4.69, 9.17) is 14.0 Å². The molecule has 0 radical (unpaired) electrons. The van der Waals surface area contributed by atoms with Crippen molar-refractivity contribution in [1.29, 1.82) is 0 Å². The maximum absolute atomic E-state index is 12.8. The van der Waals surface area contributed by atoms with Crippen LogP contribution in [0.5, 0.6) is 11.5 Å². The minimum absolute atomic E-state index is 0.0447. The molecule has 3 rings (SSSR count). The fourth-order valence-electron chi connectivity index (χ4n) is 3.13. The van der Waals surface area contributed by atoms with Crippen molar-refractivity contribution in [3.8, 4) is 22.9 Å². The van der Waals surface area contributed by atoms with E-state index in [9.17, 15) is 4.79 Å². The van der Waals surface area contributed by atoms with E-state index in [0.29, 0.717) is 17.5 Å². The highest BCUT2D eigenvalue weighted by Crippen LogP contribution is 2.21. The van der Waals surface area contributed by atoms with Gasteiger partial charge in [-0.25, -0.2) is 0 Å². The second-order valence-electron chi connectivity index (χ2n) is 7.47. The van der Waals surface area contributed by atoms with Crippen LogP contribution in [0, 0.1) is 13.8 Å². The number of methoxy groups -OCH3 is 1. The van der Waals surface area contributed by atoms with Crippen molar-refractivity contribution in [3.63, 3.8) is 0 Å². The van der Waals surface area contributed by atoms with Crippen LogP contribution in [0.1, 0.15) is 30.9 Å². The van der Waals surface area contributed by atoms with E-state index in [0.717, 1.165) is 22.4 Å². The van der Waals surface area contributed by atoms with Crippen LogP contribution >= 0.6 is 0 Å². The average molecular weight is 409 g/mol. The van der Waals surface area contributed by atoms with Gasteiger partial charge in [-0.3, -0.25) is 4.79 Å². The second-order valence-corrected chi connectivity index (χ2v) is 7.47. The van der Waals surface area contributed by atoms with Gasteiger partial charge in [-0.05, 0) is 75.2 Å². The standard InChI is InChI=1S/C23H27N3O4/c1-15(2)26(22(27)14-29-20-11-16(3)10-17(4)12-20)13-21-24-23(25-30-21)18-6-8-19(28-5)9-7-18/h6-12,15H,13-14H2,1-5H3. The largest absolute Gasteiger partial charge is 0.497 e. The van der Waals surface area contributed by atoms with Crippen LogP contribution in [0.3, 0.4) is 0 Å². The molecule has 0 bridgehead atoms. The third-order valence-corrected chi connectivity index (χ3v) is 4.62. The van der Waals surface area contributed by atoms with Crippen molar-refractivity contribution in [2.45, 2.75) is 40.3 Å². The molecule has 0 N–H and O–H groups in total. The van der Waals surface area contributed by atoms with Gasteiger partial charge in [0, 0.05) is 11.6 Å². The maximum atomic E-state index is 12.8. The van der Waals surface area contributed by atoms with Crippen molar-refractivity contribution >= 4 is 5.91 Å². The molecular weight excluding hydrogens is 382 g/mol. The number of nitrogens with zero attached hydrogens (tertiary/aromatic N) is 3. The van der Waals surface area contributed by atoms with Crippen LogP contribution in [-0.2, 0) is 11.3 Å². The van der Waals surface area contributed by atoms with Gasteiger partial charge >= 0.3 is 0 Å². The monoisotopic (exact) mass is 409 g/mol. The molecule has 7 heteroatoms. The van der Waals surface area contributed by atoms with E-state index in [1.807, 2.05) is 64.1 Å². The van der Waals surface area contributed by atoms with Crippen LogP contribution in [0.2, 0.25) is 0 Å². The number of aryl methyl sites for hydroxylation is 2. The van der Waals surface area contributed by atoms with Gasteiger partial charge in [0.1, 0.15) is 18.0 Å². The van der Waals surface area contributed by atoms with Crippen molar-refractivity contribution in [1.82, 2.24) is 15.0 Å². The third-order valence-electron chi connectivity index (χ3n) is 4.62. The molecule has 0 aliphatic heterocycles. The first-order valence-electron chi connectivity index (χ1n) is 9.83. The van der Waals surface area contributed by atoms with Crippen LogP contribution < -0.4 is 9.47 Å². The Hall–Kier alpha value is -3.35. The molecule has 3 aromatic rings. The zero-order valence-corrected chi connectivity index (χ0v) is 18.0. The summed E-state index contributed by atoms with van der Waals surface area (Å²) in [5, 5.41) is 4.03. The Morgan fingerprint density at radius 3 is 2.33 bits per heavy atom. The Bertz CT molecular complexity index is 976. The summed E-state index contributed by atoms with van der Waals surface area (Å²) in [5.41, 5.74) is 3.00. The molecule has 0 aliphatic rings. The van der Waals surface area contributed by atoms with Gasteiger partial charge in [-0.1, -0.05) is 11.2 Å². The first kappa shape index (κ1) is 21.4. The third kappa shape index (κ3) is 5.37. The molecule has 30 heavy (non-hydrogen) atoms. The lowest BCUT2D eigenvalue weighted by Gasteiger charge is -2.25. The van der Waals surface area contributed by atoms with Gasteiger partial charge in [0.15, 0.2) is 6.61 Å². The van der Waals surface area contributed by atoms with Gasteiger partial charge in [0.25, 0.3) is 5.91 Å². The van der Waals surface area contributed by atoms with Crippen molar-refractivity contribution < 1.29 is 18.8 Å². The van der Waals surface area contributed by atoms with E-state index in [1.165, 1.54) is 0 Å². The number of hydrogen-bond acceptors (Lipinski definition) is 6. The van der Waals surface area contributed by atoms with E-state index in [-0.39, 0.29) is 25.1 Å². The number of carbonyl (C=O) groups is 1. The van der Waals surface area contributed by atoms with E-state index in [1.54, 1.807) is 12.0 Å². The van der Waals surface area contributed by atoms with Crippen molar-refractivity contribution in [3.05, 3.63) is 59.5 Å². The van der Waals surface area contributed by atoms with E-state index < -0.39 is 0 Å². The highest BCUT2D eigenvalue weighted by molar-refractivity contribution is 5.78. The van der Waals surface area contributed by atoms with Gasteiger partial charge < -0.3 is 18.9 Å². The first-order chi connectivity index (χ1) is 14.4. The number of aromatic nitrogens is 2. The highest BCUT2D eigenvalue weighted by Gasteiger charge is 2.21. The Labute approximate surface area is 176 Å². The topological polar surface area (TPSA) is 77.7 Å². The number of carbonyl (C=O) groups excluding carboxylic acids is 1. The predicted octanol–water partition coefficient (Wildman–Crippen LogP) is 4.18. The summed E-state index contributed by atoms with van der Waals surface area (Å²) in [6.45, 7) is 8.04. The van der Waals surface area contributed by atoms with Gasteiger partial charge in [-0.15, -0.1) is 0 Å². The quantitative estimate of drug-likeness (QED) is 0.555. The summed E-state index contributed by atoms with van der Waals surface area (Å²) in [5.74, 6) is 2.13. The molecule has 0 unspecified atom stereocenters. The molecule has 0 saturated carbocycles. The molecule has 158 valence electrons. The van der Waals surface area contributed by atoms with E-state index in [2.05, 4.69) is 16.2 Å². The Kier molecular flexibility index (Phi) is 6.72. The number of hydrogen-bond donors (Lipinski definition) is 0. The summed E-state index contributed by atoms with van der Waals surface area (Å²) >= 11 is 0. The van der Waals surface area contributed by atoms with Crippen LogP contribution in [0.15, 0.2) is 47.0 Å². The first-order valence-corrected chi connectivity index (χ1v) is 9.83. The minimum atomic E-state index is -0.145. The second kappa shape index (κ2) is 9.43. The molecule has 0 fully saturated rings. The normalized spacial score (nSPS) is 10.9. The molecule has 2 aromatic carbocycles. The molecule has 1 heterocycles. The smallest absolute Gasteiger partial charge is 0.261 e. The number of amides is 1. The number of benzene rings is 2. The minimum Gasteiger partial charge on any atom is -0.497 e. The van der Waals surface area contributed by atoms with Crippen LogP contribution in [0.25, 0.3) is 11.4 Å². The van der Waals surface area contributed by atoms with Crippen LogP contribution in [0.4, 0.5) is 0 Å². The highest BCUT2D eigenvalue weighted by atomic mass is 16.5. The lowest BCUT2D eigenvalue weighted by Crippen LogP contribution is -2.39. The Morgan fingerprint density at radius 1 is 1.07 bits per heavy atom. The molecule has 1 amide bonds. The molecule has 0 saturated heterocycles. The fourth-order valence-corrected chi connectivity index (χ4v) is 3.13. The predicted molar refractivity (Wildman–Crippen MR) is 113 cm³/mol. The summed E-state index contributed by atoms with van der Waals surface area (Å²) in [4.78, 5) is 18.9. The van der Waals surface area contributed by atoms with Gasteiger partial charge in [0.2, 0.25) is 11.7 Å². The SMILES string of the molecule is COc1ccc(-c2noc(CN(C(=O)COc3cc(C)cc(C)c3)C(C)C)n2)cc1. The van der Waals surface area contributed by atoms with Crippen LogP contribution in [-0.4, -0.2) is 40.7 Å². The molecule has 1 aromatic heterocycles. The van der Waals surface area contributed by atoms with E-state index >= 15 is 0 Å². The maximum Gasteiger partial charge on any atom is 0.261 e. The zero-order valence-electron chi connectivity index (χ0n) is 18.0. The molecule has 7 nitrogen and oxygen atoms in total. The van der Waals surface area contributed by atoms with Crippen molar-refractivity contribution in [2.75, 3.05) is 13.7 Å². The number of rotatable bonds is 8. The summed E-state index contributed by atoms with van der Waals surface area (Å²) in [6, 6.07) is 13.2. The molecule has 0 aliphatic carbocycles. The molecular formula is C23H27N3O4. The van der Waals surface area contributed by atoms with Crippen molar-refractivity contribution in [2.24, 2.45) is 0 Å². The zero-order chi connectivity index (χ0) is 21.7. The fraction of sp³-hybridized carbons (Fsp3) is 0.348. The molecule has 0 atom stereocenters. The average Bonchev–Trinajstić information content (AvgIpc) is 3.18. The summed E-state index contributed by atoms with van der Waals surface area (Å²) in [7, 11) is 1.61. The lowest BCUT2D eigenvalue weighted by molar-refractivity contribution is -0.136. The summed E-state index contributed by atoms with van der Waals surface area (Å²) < 4.78 is 16.3. The number of ether oxygens (including phenoxy) is 2. The Balaban J connectivity index is 1.66. The molecule has 0 spiro atoms.